The normalized spacial score (nSPS) is 12.0. The summed E-state index contributed by atoms with van der Waals surface area (Å²) in [5.74, 6) is -1.45. The molecule has 0 unspecified atom stereocenters. The van der Waals surface area contributed by atoms with Crippen molar-refractivity contribution in [3.8, 4) is 5.75 Å². The van der Waals surface area contributed by atoms with Gasteiger partial charge in [0.2, 0.25) is 5.78 Å². The molecule has 8 nitrogen and oxygen atoms in total. The maximum absolute atomic E-state index is 13.0. The summed E-state index contributed by atoms with van der Waals surface area (Å²) in [5.41, 5.74) is -0.867. The molecule has 8 heteroatoms. The standard InChI is InChI=1S/C22H14N2O6/c1-30-13-6-4-5-12(11-13)23-22(27)17-10-9-16-18(19(17)24(28)29)21(26)15-8-3-2-7-14(15)20(16)25/h2-11H,1H3,(H,23,27). The van der Waals surface area contributed by atoms with E-state index in [1.807, 2.05) is 0 Å². The summed E-state index contributed by atoms with van der Waals surface area (Å²) in [4.78, 5) is 49.6. The Kier molecular flexibility index (Phi) is 4.59. The van der Waals surface area contributed by atoms with Crippen LogP contribution < -0.4 is 10.1 Å². The van der Waals surface area contributed by atoms with Gasteiger partial charge in [-0.25, -0.2) is 0 Å². The van der Waals surface area contributed by atoms with Gasteiger partial charge in [-0.1, -0.05) is 30.3 Å². The fraction of sp³-hybridized carbons (Fsp3) is 0.0455. The van der Waals surface area contributed by atoms with Crippen LogP contribution >= 0.6 is 0 Å². The fourth-order valence-corrected chi connectivity index (χ4v) is 3.44. The summed E-state index contributed by atoms with van der Waals surface area (Å²) in [7, 11) is 1.47. The van der Waals surface area contributed by atoms with Gasteiger partial charge in [0, 0.05) is 28.4 Å². The number of rotatable bonds is 4. The number of methoxy groups -OCH3 is 1. The second-order valence-electron chi connectivity index (χ2n) is 6.53. The number of ether oxygens (including phenoxy) is 1. The van der Waals surface area contributed by atoms with E-state index >= 15 is 0 Å². The number of hydrogen-bond acceptors (Lipinski definition) is 6. The maximum atomic E-state index is 13.0. The van der Waals surface area contributed by atoms with Crippen molar-refractivity contribution >= 4 is 28.8 Å². The average Bonchev–Trinajstić information content (AvgIpc) is 2.76. The van der Waals surface area contributed by atoms with Crippen molar-refractivity contribution in [3.63, 3.8) is 0 Å². The van der Waals surface area contributed by atoms with Crippen LogP contribution in [0.2, 0.25) is 0 Å². The number of benzene rings is 3. The molecule has 1 amide bonds. The number of carbonyl (C=O) groups is 3. The van der Waals surface area contributed by atoms with Crippen LogP contribution in [0, 0.1) is 10.1 Å². The summed E-state index contributed by atoms with van der Waals surface area (Å²) >= 11 is 0. The second-order valence-corrected chi connectivity index (χ2v) is 6.53. The molecule has 0 spiro atoms. The minimum atomic E-state index is -0.807. The van der Waals surface area contributed by atoms with Gasteiger partial charge in [0.25, 0.3) is 11.6 Å². The first-order chi connectivity index (χ1) is 14.4. The molecular formula is C22H14N2O6. The van der Waals surface area contributed by atoms with Gasteiger partial charge >= 0.3 is 0 Å². The van der Waals surface area contributed by atoms with Gasteiger partial charge in [-0.15, -0.1) is 0 Å². The molecule has 4 rings (SSSR count). The molecule has 0 bridgehead atoms. The number of hydrogen-bond donors (Lipinski definition) is 1. The van der Waals surface area contributed by atoms with Gasteiger partial charge < -0.3 is 10.1 Å². The Hall–Kier alpha value is -4.33. The van der Waals surface area contributed by atoms with E-state index in [9.17, 15) is 24.5 Å². The predicted octanol–water partition coefficient (Wildman–Crippen LogP) is 3.63. The molecule has 3 aromatic carbocycles. The highest BCUT2D eigenvalue weighted by Crippen LogP contribution is 2.35. The number of nitrogens with one attached hydrogen (secondary N) is 1. The van der Waals surface area contributed by atoms with Crippen LogP contribution in [-0.4, -0.2) is 29.5 Å². The highest BCUT2D eigenvalue weighted by molar-refractivity contribution is 6.30. The molecule has 0 aliphatic heterocycles. The SMILES string of the molecule is COc1cccc(NC(=O)c2ccc3c(c2[N+](=O)[O-])C(=O)c2ccccc2C3=O)c1. The third-order valence-electron chi connectivity index (χ3n) is 4.82. The molecule has 0 atom stereocenters. The summed E-state index contributed by atoms with van der Waals surface area (Å²) in [6.07, 6.45) is 0. The molecule has 30 heavy (non-hydrogen) atoms. The van der Waals surface area contributed by atoms with E-state index in [1.165, 1.54) is 31.4 Å². The monoisotopic (exact) mass is 402 g/mol. The topological polar surface area (TPSA) is 116 Å². The van der Waals surface area contributed by atoms with Gasteiger partial charge in [0.05, 0.1) is 12.0 Å². The zero-order valence-corrected chi connectivity index (χ0v) is 15.7. The number of amides is 1. The number of anilines is 1. The maximum Gasteiger partial charge on any atom is 0.294 e. The lowest BCUT2D eigenvalue weighted by Crippen LogP contribution is -2.24. The van der Waals surface area contributed by atoms with E-state index in [4.69, 9.17) is 4.74 Å². The third kappa shape index (κ3) is 3.00. The molecule has 1 aliphatic rings. The summed E-state index contributed by atoms with van der Waals surface area (Å²) in [6, 6.07) is 15.0. The lowest BCUT2D eigenvalue weighted by atomic mass is 9.82. The number of fused-ring (bicyclic) bond motifs is 2. The molecule has 0 aromatic heterocycles. The zero-order chi connectivity index (χ0) is 21.4. The molecule has 0 fully saturated rings. The van der Waals surface area contributed by atoms with E-state index < -0.39 is 28.1 Å². The van der Waals surface area contributed by atoms with Gasteiger partial charge in [0.1, 0.15) is 16.9 Å². The largest absolute Gasteiger partial charge is 0.497 e. The Balaban J connectivity index is 1.83. The summed E-state index contributed by atoms with van der Waals surface area (Å²) in [6.45, 7) is 0. The van der Waals surface area contributed by atoms with Crippen molar-refractivity contribution in [2.24, 2.45) is 0 Å². The number of carbonyl (C=O) groups excluding carboxylic acids is 3. The zero-order valence-electron chi connectivity index (χ0n) is 15.7. The van der Waals surface area contributed by atoms with E-state index in [1.54, 1.807) is 36.4 Å². The smallest absolute Gasteiger partial charge is 0.294 e. The van der Waals surface area contributed by atoms with E-state index in [2.05, 4.69) is 5.32 Å². The Morgan fingerprint density at radius 3 is 2.30 bits per heavy atom. The van der Waals surface area contributed by atoms with Crippen LogP contribution in [0.4, 0.5) is 11.4 Å². The first-order valence-corrected chi connectivity index (χ1v) is 8.87. The van der Waals surface area contributed by atoms with Crippen LogP contribution in [-0.2, 0) is 0 Å². The van der Waals surface area contributed by atoms with Gasteiger partial charge in [0.15, 0.2) is 5.78 Å². The van der Waals surface area contributed by atoms with Crippen molar-refractivity contribution in [2.75, 3.05) is 12.4 Å². The number of nitro groups is 1. The van der Waals surface area contributed by atoms with Crippen molar-refractivity contribution in [2.45, 2.75) is 0 Å². The number of nitrogens with zero attached hydrogens (tertiary/aromatic N) is 1. The third-order valence-corrected chi connectivity index (χ3v) is 4.82. The average molecular weight is 402 g/mol. The molecule has 0 saturated heterocycles. The summed E-state index contributed by atoms with van der Waals surface area (Å²) in [5, 5.41) is 14.4. The van der Waals surface area contributed by atoms with Gasteiger partial charge in [-0.3, -0.25) is 24.5 Å². The fourth-order valence-electron chi connectivity index (χ4n) is 3.44. The van der Waals surface area contributed by atoms with Crippen molar-refractivity contribution in [1.82, 2.24) is 0 Å². The molecule has 0 saturated carbocycles. The van der Waals surface area contributed by atoms with E-state index in [-0.39, 0.29) is 27.8 Å². The molecule has 148 valence electrons. The summed E-state index contributed by atoms with van der Waals surface area (Å²) < 4.78 is 5.10. The van der Waals surface area contributed by atoms with Crippen molar-refractivity contribution < 1.29 is 24.0 Å². The molecule has 0 radical (unpaired) electrons. The second kappa shape index (κ2) is 7.25. The highest BCUT2D eigenvalue weighted by Gasteiger charge is 2.38. The number of ketones is 2. The van der Waals surface area contributed by atoms with Crippen LogP contribution in [0.25, 0.3) is 0 Å². The van der Waals surface area contributed by atoms with E-state index in [0.29, 0.717) is 11.4 Å². The first-order valence-electron chi connectivity index (χ1n) is 8.87. The minimum Gasteiger partial charge on any atom is -0.497 e. The van der Waals surface area contributed by atoms with Crippen LogP contribution in [0.5, 0.6) is 5.75 Å². The lowest BCUT2D eigenvalue weighted by molar-refractivity contribution is -0.385. The number of nitro benzene ring substituents is 1. The first kappa shape index (κ1) is 19.0. The van der Waals surface area contributed by atoms with Gasteiger partial charge in [-0.05, 0) is 24.3 Å². The lowest BCUT2D eigenvalue weighted by Gasteiger charge is -2.18. The highest BCUT2D eigenvalue weighted by atomic mass is 16.6. The van der Waals surface area contributed by atoms with Crippen molar-refractivity contribution in [3.05, 3.63) is 98.6 Å². The van der Waals surface area contributed by atoms with Crippen molar-refractivity contribution in [1.29, 1.82) is 0 Å². The predicted molar refractivity (Wildman–Crippen MR) is 107 cm³/mol. The van der Waals surface area contributed by atoms with Crippen LogP contribution in [0.1, 0.15) is 42.2 Å². The van der Waals surface area contributed by atoms with Gasteiger partial charge in [-0.2, -0.15) is 0 Å². The Morgan fingerprint density at radius 1 is 0.933 bits per heavy atom. The van der Waals surface area contributed by atoms with E-state index in [0.717, 1.165) is 0 Å². The molecule has 3 aromatic rings. The minimum absolute atomic E-state index is 0.0726. The molecule has 1 N–H and O–H groups in total. The molecule has 0 heterocycles. The Morgan fingerprint density at radius 2 is 1.63 bits per heavy atom. The quantitative estimate of drug-likeness (QED) is 0.412. The Labute approximate surface area is 170 Å². The van der Waals surface area contributed by atoms with Crippen LogP contribution in [0.15, 0.2) is 60.7 Å². The Bertz CT molecular complexity index is 1250. The molecular weight excluding hydrogens is 388 g/mol. The van der Waals surface area contributed by atoms with Crippen LogP contribution in [0.3, 0.4) is 0 Å². The molecule has 1 aliphatic carbocycles.